The zero-order valence-electron chi connectivity index (χ0n) is 8.34. The molecule has 0 aliphatic carbocycles. The third-order valence-corrected chi connectivity index (χ3v) is 2.00. The van der Waals surface area contributed by atoms with Gasteiger partial charge < -0.3 is 5.73 Å². The number of hydrogen-bond donors (Lipinski definition) is 2. The highest BCUT2D eigenvalue weighted by molar-refractivity contribution is 6.27. The van der Waals surface area contributed by atoms with Gasteiger partial charge in [-0.05, 0) is 24.3 Å². The van der Waals surface area contributed by atoms with Gasteiger partial charge in [-0.15, -0.1) is 0 Å². The van der Waals surface area contributed by atoms with Gasteiger partial charge in [0.05, 0.1) is 5.57 Å². The molecule has 0 saturated carbocycles. The number of aromatic nitrogens is 1. The Morgan fingerprint density at radius 2 is 2.12 bits per heavy atom. The lowest BCUT2D eigenvalue weighted by molar-refractivity contribution is -0.114. The number of amides is 1. The van der Waals surface area contributed by atoms with Crippen LogP contribution in [0.5, 0.6) is 0 Å². The third kappa shape index (κ3) is 1.98. The number of rotatable bonds is 2. The van der Waals surface area contributed by atoms with Crippen molar-refractivity contribution in [2.24, 2.45) is 10.8 Å². The highest BCUT2D eigenvalue weighted by Crippen LogP contribution is 2.09. The molecule has 3 N–H and O–H groups in total. The number of carbonyl (C=O) groups is 1. The van der Waals surface area contributed by atoms with Gasteiger partial charge in [-0.2, -0.15) is 5.10 Å². The van der Waals surface area contributed by atoms with Gasteiger partial charge in [-0.1, -0.05) is 0 Å². The average Bonchev–Trinajstić information content (AvgIpc) is 2.55. The summed E-state index contributed by atoms with van der Waals surface area (Å²) < 4.78 is 0. The van der Waals surface area contributed by atoms with Gasteiger partial charge in [0, 0.05) is 24.2 Å². The molecule has 0 spiro atoms. The van der Waals surface area contributed by atoms with E-state index >= 15 is 0 Å². The molecule has 1 aromatic heterocycles. The van der Waals surface area contributed by atoms with E-state index in [1.54, 1.807) is 36.8 Å². The normalized spacial score (nSPS) is 14.5. The summed E-state index contributed by atoms with van der Waals surface area (Å²) in [5.41, 5.74) is 9.40. The summed E-state index contributed by atoms with van der Waals surface area (Å²) >= 11 is 0. The molecule has 1 aromatic rings. The van der Waals surface area contributed by atoms with E-state index in [0.717, 1.165) is 5.56 Å². The lowest BCUT2D eigenvalue weighted by atomic mass is 10.0. The van der Waals surface area contributed by atoms with Gasteiger partial charge in [0.25, 0.3) is 5.91 Å². The molecule has 0 aromatic carbocycles. The summed E-state index contributed by atoms with van der Waals surface area (Å²) in [7, 11) is 0. The molecular formula is C11H9N4O. The monoisotopic (exact) mass is 213 g/mol. The molecule has 0 fully saturated rings. The van der Waals surface area contributed by atoms with E-state index in [9.17, 15) is 4.79 Å². The summed E-state index contributed by atoms with van der Waals surface area (Å²) in [4.78, 5) is 15.2. The van der Waals surface area contributed by atoms with Crippen molar-refractivity contribution in [3.63, 3.8) is 0 Å². The molecule has 0 saturated heterocycles. The zero-order valence-corrected chi connectivity index (χ0v) is 8.34. The minimum atomic E-state index is -0.566. The minimum Gasteiger partial charge on any atom is -0.366 e. The first kappa shape index (κ1) is 10.1. The van der Waals surface area contributed by atoms with Crippen LogP contribution in [0.25, 0.3) is 0 Å². The lowest BCUT2D eigenvalue weighted by Crippen LogP contribution is -2.22. The number of nitrogens with zero attached hydrogens (tertiary/aromatic N) is 2. The van der Waals surface area contributed by atoms with Crippen LogP contribution in [0.15, 0.2) is 47.5 Å². The van der Waals surface area contributed by atoms with E-state index < -0.39 is 5.91 Å². The van der Waals surface area contributed by atoms with Gasteiger partial charge in [-0.3, -0.25) is 15.2 Å². The summed E-state index contributed by atoms with van der Waals surface area (Å²) in [5, 5.41) is 4.05. The van der Waals surface area contributed by atoms with Crippen LogP contribution in [-0.2, 0) is 4.79 Å². The van der Waals surface area contributed by atoms with Crippen LogP contribution < -0.4 is 11.2 Å². The Morgan fingerprint density at radius 1 is 1.38 bits per heavy atom. The molecule has 5 heteroatoms. The molecule has 0 unspecified atom stereocenters. The van der Waals surface area contributed by atoms with Crippen molar-refractivity contribution < 1.29 is 4.79 Å². The van der Waals surface area contributed by atoms with Crippen molar-refractivity contribution >= 4 is 11.6 Å². The van der Waals surface area contributed by atoms with Crippen LogP contribution in [-0.4, -0.2) is 16.6 Å². The molecule has 0 atom stereocenters. The summed E-state index contributed by atoms with van der Waals surface area (Å²) in [6, 6.07) is 3.49. The molecule has 0 bridgehead atoms. The number of carbonyl (C=O) groups excluding carboxylic acids is 1. The smallest absolute Gasteiger partial charge is 0.251 e. The van der Waals surface area contributed by atoms with Crippen molar-refractivity contribution in [3.8, 4) is 0 Å². The average molecular weight is 213 g/mol. The summed E-state index contributed by atoms with van der Waals surface area (Å²) in [5.74, 6) is -0.566. The number of hydrogen-bond acceptors (Lipinski definition) is 4. The predicted octanol–water partition coefficient (Wildman–Crippen LogP) is 0.117. The predicted molar refractivity (Wildman–Crippen MR) is 59.0 cm³/mol. The van der Waals surface area contributed by atoms with Crippen molar-refractivity contribution in [2.45, 2.75) is 0 Å². The maximum absolute atomic E-state index is 11.3. The van der Waals surface area contributed by atoms with E-state index in [1.807, 2.05) is 0 Å². The van der Waals surface area contributed by atoms with Crippen LogP contribution in [0.1, 0.15) is 5.56 Å². The van der Waals surface area contributed by atoms with Crippen LogP contribution >= 0.6 is 0 Å². The Morgan fingerprint density at radius 3 is 2.81 bits per heavy atom. The molecule has 16 heavy (non-hydrogen) atoms. The quantitative estimate of drug-likeness (QED) is 0.732. The number of primary amides is 1. The first-order valence-corrected chi connectivity index (χ1v) is 4.61. The highest BCUT2D eigenvalue weighted by Gasteiger charge is 2.16. The van der Waals surface area contributed by atoms with Crippen molar-refractivity contribution in [1.82, 2.24) is 10.4 Å². The summed E-state index contributed by atoms with van der Waals surface area (Å²) in [6.45, 7) is 0. The molecular weight excluding hydrogens is 204 g/mol. The van der Waals surface area contributed by atoms with Gasteiger partial charge in [0.15, 0.2) is 0 Å². The lowest BCUT2D eigenvalue weighted by Gasteiger charge is -2.05. The van der Waals surface area contributed by atoms with E-state index in [1.165, 1.54) is 0 Å². The van der Waals surface area contributed by atoms with Crippen LogP contribution in [0, 0.1) is 6.08 Å². The van der Waals surface area contributed by atoms with Crippen molar-refractivity contribution in [3.05, 3.63) is 54.0 Å². The molecule has 79 valence electrons. The highest BCUT2D eigenvalue weighted by atomic mass is 16.1. The molecule has 2 rings (SSSR count). The largest absolute Gasteiger partial charge is 0.366 e. The number of nitrogens with one attached hydrogen (secondary N) is 1. The van der Waals surface area contributed by atoms with Crippen LogP contribution in [0.2, 0.25) is 0 Å². The fraction of sp³-hybridized carbons (Fsp3) is 0. The Bertz CT molecular complexity index is 488. The minimum absolute atomic E-state index is 0.243. The second-order valence-electron chi connectivity index (χ2n) is 3.04. The van der Waals surface area contributed by atoms with E-state index in [4.69, 9.17) is 5.73 Å². The van der Waals surface area contributed by atoms with Crippen LogP contribution in [0.4, 0.5) is 0 Å². The van der Waals surface area contributed by atoms with E-state index in [2.05, 4.69) is 21.6 Å². The van der Waals surface area contributed by atoms with E-state index in [-0.39, 0.29) is 5.57 Å². The molecule has 1 aliphatic rings. The zero-order chi connectivity index (χ0) is 11.4. The Kier molecular flexibility index (Phi) is 2.77. The SMILES string of the molecule is NC(=O)C1=[C]C=CNN=C1c1ccncc1. The fourth-order valence-corrected chi connectivity index (χ4v) is 1.29. The van der Waals surface area contributed by atoms with E-state index in [0.29, 0.717) is 5.71 Å². The van der Waals surface area contributed by atoms with Crippen molar-refractivity contribution in [1.29, 1.82) is 0 Å². The molecule has 1 radical (unpaired) electrons. The number of hydrazone groups is 1. The number of allylic oxidation sites excluding steroid dienone is 2. The number of nitrogens with two attached hydrogens (primary N) is 1. The molecule has 5 nitrogen and oxygen atoms in total. The first-order valence-electron chi connectivity index (χ1n) is 4.61. The second kappa shape index (κ2) is 4.39. The standard InChI is InChI=1S/C11H9N4O/c12-11(16)9-2-1-5-14-15-10(9)8-3-6-13-7-4-8/h1,3-7,14H,(H2,12,16). The molecule has 1 aliphatic heterocycles. The molecule has 1 amide bonds. The first-order chi connectivity index (χ1) is 7.79. The topological polar surface area (TPSA) is 80.4 Å². The maximum atomic E-state index is 11.3. The maximum Gasteiger partial charge on any atom is 0.251 e. The van der Waals surface area contributed by atoms with Gasteiger partial charge >= 0.3 is 0 Å². The number of pyridine rings is 1. The van der Waals surface area contributed by atoms with Crippen molar-refractivity contribution in [2.75, 3.05) is 0 Å². The Labute approximate surface area is 92.4 Å². The third-order valence-electron chi connectivity index (χ3n) is 2.00. The second-order valence-corrected chi connectivity index (χ2v) is 3.04. The Hall–Kier alpha value is -2.43. The van der Waals surface area contributed by atoms with Gasteiger partial charge in [0.2, 0.25) is 0 Å². The fourth-order valence-electron chi connectivity index (χ4n) is 1.29. The molecule has 2 heterocycles. The van der Waals surface area contributed by atoms with Gasteiger partial charge in [0.1, 0.15) is 5.71 Å². The van der Waals surface area contributed by atoms with Gasteiger partial charge in [-0.25, -0.2) is 0 Å². The van der Waals surface area contributed by atoms with Crippen LogP contribution in [0.3, 0.4) is 0 Å². The Balaban J connectivity index is 2.47. The summed E-state index contributed by atoms with van der Waals surface area (Å²) in [6.07, 6.45) is 9.14.